The van der Waals surface area contributed by atoms with E-state index in [2.05, 4.69) is 10.5 Å². The molecule has 11 heteroatoms. The molecular weight excluding hydrogens is 486 g/mol. The molecule has 196 valence electrons. The summed E-state index contributed by atoms with van der Waals surface area (Å²) in [7, 11) is 0. The number of halogens is 2. The Bertz CT molecular complexity index is 1380. The van der Waals surface area contributed by atoms with Gasteiger partial charge >= 0.3 is 0 Å². The highest BCUT2D eigenvalue weighted by atomic mass is 19.1. The number of benzene rings is 1. The van der Waals surface area contributed by atoms with Crippen LogP contribution in [0.3, 0.4) is 0 Å². The van der Waals surface area contributed by atoms with Gasteiger partial charge in [0.1, 0.15) is 17.2 Å². The van der Waals surface area contributed by atoms with Crippen molar-refractivity contribution in [2.45, 2.75) is 70.7 Å². The largest absolute Gasteiger partial charge is 0.503 e. The molecule has 0 unspecified atom stereocenters. The molecule has 0 aliphatic carbocycles. The predicted molar refractivity (Wildman–Crippen MR) is 130 cm³/mol. The molecular formula is C26H28F2N4O5. The van der Waals surface area contributed by atoms with Gasteiger partial charge in [-0.25, -0.2) is 8.78 Å². The third-order valence-corrected chi connectivity index (χ3v) is 7.73. The third kappa shape index (κ3) is 3.96. The van der Waals surface area contributed by atoms with Gasteiger partial charge < -0.3 is 24.7 Å². The van der Waals surface area contributed by atoms with E-state index in [0.29, 0.717) is 31.2 Å². The Morgan fingerprint density at radius 3 is 2.65 bits per heavy atom. The summed E-state index contributed by atoms with van der Waals surface area (Å²) in [5.74, 6) is -3.94. The molecule has 37 heavy (non-hydrogen) atoms. The number of aryl methyl sites for hydroxylation is 1. The summed E-state index contributed by atoms with van der Waals surface area (Å²) in [6, 6.07) is 1.60. The summed E-state index contributed by atoms with van der Waals surface area (Å²) in [5, 5.41) is 17.5. The zero-order chi connectivity index (χ0) is 26.6. The lowest BCUT2D eigenvalue weighted by Gasteiger charge is -2.41. The highest BCUT2D eigenvalue weighted by molar-refractivity contribution is 5.99. The van der Waals surface area contributed by atoms with Crippen LogP contribution in [-0.4, -0.2) is 50.3 Å². The number of aromatic hydroxyl groups is 1. The van der Waals surface area contributed by atoms with E-state index in [1.165, 1.54) is 17.7 Å². The fraction of sp³-hybridized carbons (Fsp3) is 0.462. The molecule has 2 aromatic rings. The third-order valence-electron chi connectivity index (χ3n) is 7.73. The minimum absolute atomic E-state index is 0.158. The SMILES string of the molecule is CCC1=NO[C@@]2(CC[C@H](C)N3C[C@H]2n2cc(C(=O)NCc4c(F)cc(C)cc4F)c(=O)c(O)c2C3=O)C1. The lowest BCUT2D eigenvalue weighted by Crippen LogP contribution is -2.52. The molecule has 3 aliphatic heterocycles. The van der Waals surface area contributed by atoms with E-state index in [-0.39, 0.29) is 23.8 Å². The maximum Gasteiger partial charge on any atom is 0.274 e. The van der Waals surface area contributed by atoms with E-state index in [0.717, 1.165) is 17.8 Å². The van der Waals surface area contributed by atoms with E-state index in [1.807, 2.05) is 13.8 Å². The number of carbonyl (C=O) groups excluding carboxylic acids is 2. The summed E-state index contributed by atoms with van der Waals surface area (Å²) >= 11 is 0. The van der Waals surface area contributed by atoms with Crippen molar-refractivity contribution in [3.05, 3.63) is 62.6 Å². The number of pyridine rings is 1. The first-order valence-corrected chi connectivity index (χ1v) is 12.3. The molecule has 4 heterocycles. The lowest BCUT2D eigenvalue weighted by atomic mass is 9.83. The molecule has 2 N–H and O–H groups in total. The number of hydrogen-bond acceptors (Lipinski definition) is 6. The van der Waals surface area contributed by atoms with E-state index in [9.17, 15) is 28.3 Å². The number of rotatable bonds is 4. The molecule has 1 spiro atoms. The van der Waals surface area contributed by atoms with Gasteiger partial charge in [-0.05, 0) is 50.8 Å². The topological polar surface area (TPSA) is 113 Å². The first-order valence-electron chi connectivity index (χ1n) is 12.3. The van der Waals surface area contributed by atoms with Crippen LogP contribution in [-0.2, 0) is 11.4 Å². The van der Waals surface area contributed by atoms with Crippen LogP contribution in [0.2, 0.25) is 0 Å². The summed E-state index contributed by atoms with van der Waals surface area (Å²) in [6.07, 6.45) is 3.65. The number of fused-ring (bicyclic) bond motifs is 5. The van der Waals surface area contributed by atoms with Crippen molar-refractivity contribution in [1.29, 1.82) is 0 Å². The van der Waals surface area contributed by atoms with E-state index >= 15 is 0 Å². The second kappa shape index (κ2) is 8.97. The van der Waals surface area contributed by atoms with Gasteiger partial charge in [0, 0.05) is 37.3 Å². The normalized spacial score (nSPS) is 24.4. The first-order chi connectivity index (χ1) is 17.6. The zero-order valence-electron chi connectivity index (χ0n) is 20.8. The van der Waals surface area contributed by atoms with Crippen LogP contribution in [0, 0.1) is 18.6 Å². The number of oxime groups is 1. The maximum absolute atomic E-state index is 14.3. The van der Waals surface area contributed by atoms with Gasteiger partial charge in [-0.15, -0.1) is 0 Å². The molecule has 3 aliphatic rings. The smallest absolute Gasteiger partial charge is 0.274 e. The molecule has 2 bridgehead atoms. The summed E-state index contributed by atoms with van der Waals surface area (Å²) in [5.41, 5.74) is -1.61. The molecule has 1 aromatic carbocycles. The quantitative estimate of drug-likeness (QED) is 0.651. The summed E-state index contributed by atoms with van der Waals surface area (Å²) < 4.78 is 30.0. The molecule has 9 nitrogen and oxygen atoms in total. The van der Waals surface area contributed by atoms with Crippen LogP contribution >= 0.6 is 0 Å². The first kappa shape index (κ1) is 24.9. The summed E-state index contributed by atoms with van der Waals surface area (Å²) in [6.45, 7) is 5.16. The van der Waals surface area contributed by atoms with Gasteiger partial charge in [-0.3, -0.25) is 14.4 Å². The van der Waals surface area contributed by atoms with E-state index < -0.39 is 58.4 Å². The van der Waals surface area contributed by atoms with Crippen molar-refractivity contribution in [3.8, 4) is 5.75 Å². The number of nitrogens with zero attached hydrogens (tertiary/aromatic N) is 3. The minimum atomic E-state index is -1.04. The van der Waals surface area contributed by atoms with Crippen molar-refractivity contribution < 1.29 is 28.3 Å². The van der Waals surface area contributed by atoms with Crippen LogP contribution in [0.25, 0.3) is 0 Å². The summed E-state index contributed by atoms with van der Waals surface area (Å²) in [4.78, 5) is 47.0. The van der Waals surface area contributed by atoms with E-state index in [4.69, 9.17) is 4.84 Å². The Hall–Kier alpha value is -3.76. The molecule has 3 atom stereocenters. The Morgan fingerprint density at radius 2 is 2.00 bits per heavy atom. The molecule has 5 rings (SSSR count). The van der Waals surface area contributed by atoms with Gasteiger partial charge in [0.25, 0.3) is 11.8 Å². The van der Waals surface area contributed by atoms with Crippen LogP contribution in [0.1, 0.15) is 77.5 Å². The Labute approximate surface area is 211 Å². The molecule has 1 saturated heterocycles. The maximum atomic E-state index is 14.3. The zero-order valence-corrected chi connectivity index (χ0v) is 20.8. The van der Waals surface area contributed by atoms with Crippen molar-refractivity contribution in [3.63, 3.8) is 0 Å². The lowest BCUT2D eigenvalue weighted by molar-refractivity contribution is -0.0655. The van der Waals surface area contributed by atoms with E-state index in [1.54, 1.807) is 4.90 Å². The monoisotopic (exact) mass is 514 g/mol. The number of carbonyl (C=O) groups is 2. The Balaban J connectivity index is 1.55. The average Bonchev–Trinajstić information content (AvgIpc) is 3.23. The van der Waals surface area contributed by atoms with Gasteiger partial charge in [0.2, 0.25) is 5.43 Å². The van der Waals surface area contributed by atoms with Crippen LogP contribution < -0.4 is 10.7 Å². The van der Waals surface area contributed by atoms with Crippen molar-refractivity contribution in [2.75, 3.05) is 6.54 Å². The highest BCUT2D eigenvalue weighted by Gasteiger charge is 2.54. The van der Waals surface area contributed by atoms with Crippen LogP contribution in [0.5, 0.6) is 5.75 Å². The van der Waals surface area contributed by atoms with Crippen molar-refractivity contribution >= 4 is 17.5 Å². The van der Waals surface area contributed by atoms with Gasteiger partial charge in [0.05, 0.1) is 11.8 Å². The molecule has 2 amide bonds. The Morgan fingerprint density at radius 1 is 1.30 bits per heavy atom. The van der Waals surface area contributed by atoms with Crippen molar-refractivity contribution in [2.24, 2.45) is 5.16 Å². The fourth-order valence-corrected chi connectivity index (χ4v) is 5.54. The van der Waals surface area contributed by atoms with Crippen LogP contribution in [0.15, 0.2) is 28.3 Å². The number of nitrogens with one attached hydrogen (secondary N) is 1. The number of amides is 2. The molecule has 0 saturated carbocycles. The number of aromatic nitrogens is 1. The van der Waals surface area contributed by atoms with Gasteiger partial charge in [-0.1, -0.05) is 12.1 Å². The van der Waals surface area contributed by atoms with Crippen molar-refractivity contribution in [1.82, 2.24) is 14.8 Å². The second-order valence-electron chi connectivity index (χ2n) is 10.1. The highest BCUT2D eigenvalue weighted by Crippen LogP contribution is 2.46. The standard InChI is InChI=1S/C26H28F2N4O5/c1-4-15-9-26(37-30-15)6-5-14(3)31-12-20(26)32-11-17(22(33)23(34)21(32)25(31)36)24(35)29-10-16-18(27)7-13(2)8-19(16)28/h7-8,11,14,20,34H,4-6,9-10,12H2,1-3H3,(H,29,35)/t14-,20+,26-/m0/s1. The Kier molecular flexibility index (Phi) is 6.04. The van der Waals surface area contributed by atoms with Gasteiger partial charge in [0.15, 0.2) is 17.0 Å². The predicted octanol–water partition coefficient (Wildman–Crippen LogP) is 3.17. The molecule has 0 radical (unpaired) electrons. The number of hydrogen-bond donors (Lipinski definition) is 2. The average molecular weight is 515 g/mol. The second-order valence-corrected chi connectivity index (χ2v) is 10.1. The molecule has 1 fully saturated rings. The van der Waals surface area contributed by atoms with Gasteiger partial charge in [-0.2, -0.15) is 0 Å². The molecule has 1 aromatic heterocycles. The van der Waals surface area contributed by atoms with Crippen LogP contribution in [0.4, 0.5) is 8.78 Å². The minimum Gasteiger partial charge on any atom is -0.503 e. The fourth-order valence-electron chi connectivity index (χ4n) is 5.54.